The summed E-state index contributed by atoms with van der Waals surface area (Å²) in [5.41, 5.74) is 16.4. The lowest BCUT2D eigenvalue weighted by atomic mass is 9.80. The van der Waals surface area contributed by atoms with Gasteiger partial charge in [0.15, 0.2) is 0 Å². The maximum Gasteiger partial charge on any atom is 0.0159 e. The van der Waals surface area contributed by atoms with Crippen LogP contribution < -0.4 is 0 Å². The molecule has 0 radical (unpaired) electrons. The van der Waals surface area contributed by atoms with Gasteiger partial charge in [-0.3, -0.25) is 0 Å². The zero-order valence-electron chi connectivity index (χ0n) is 29.2. The van der Waals surface area contributed by atoms with Crippen molar-refractivity contribution in [3.63, 3.8) is 0 Å². The molecule has 9 aromatic carbocycles. The molecule has 0 saturated heterocycles. The van der Waals surface area contributed by atoms with Gasteiger partial charge >= 0.3 is 0 Å². The Morgan fingerprint density at radius 3 is 1.59 bits per heavy atom. The molecule has 9 aromatic rings. The fraction of sp³-hybridized carbons (Fsp3) is 0.137. The summed E-state index contributed by atoms with van der Waals surface area (Å²) in [5, 5.41) is 10.5. The minimum atomic E-state index is -0.0721. The van der Waals surface area contributed by atoms with E-state index in [4.69, 9.17) is 0 Å². The van der Waals surface area contributed by atoms with Crippen LogP contribution in [-0.4, -0.2) is 0 Å². The summed E-state index contributed by atoms with van der Waals surface area (Å²) in [5.74, 6) is 0. The van der Waals surface area contributed by atoms with E-state index in [0.29, 0.717) is 0 Å². The van der Waals surface area contributed by atoms with E-state index in [-0.39, 0.29) is 5.41 Å². The van der Waals surface area contributed by atoms with Crippen LogP contribution >= 0.6 is 0 Å². The predicted octanol–water partition coefficient (Wildman–Crippen LogP) is 13.9. The van der Waals surface area contributed by atoms with Crippen molar-refractivity contribution in [1.82, 2.24) is 0 Å². The molecule has 2 aliphatic rings. The van der Waals surface area contributed by atoms with E-state index in [1.54, 1.807) is 11.1 Å². The number of fused-ring (bicyclic) bond motifs is 5. The van der Waals surface area contributed by atoms with Crippen molar-refractivity contribution in [2.75, 3.05) is 0 Å². The maximum atomic E-state index is 2.47. The topological polar surface area (TPSA) is 0 Å². The van der Waals surface area contributed by atoms with Crippen LogP contribution in [0, 0.1) is 0 Å². The van der Waals surface area contributed by atoms with Gasteiger partial charge in [0.1, 0.15) is 0 Å². The lowest BCUT2D eigenvalue weighted by molar-refractivity contribution is 0.661. The summed E-state index contributed by atoms with van der Waals surface area (Å²) in [4.78, 5) is 0. The molecule has 0 spiro atoms. The molecule has 0 heteroatoms. The summed E-state index contributed by atoms with van der Waals surface area (Å²) < 4.78 is 0. The van der Waals surface area contributed by atoms with Crippen molar-refractivity contribution >= 4 is 43.1 Å². The summed E-state index contributed by atoms with van der Waals surface area (Å²) in [6, 6.07) is 55.8. The van der Waals surface area contributed by atoms with E-state index in [2.05, 4.69) is 159 Å². The molecule has 0 nitrogen and oxygen atoms in total. The van der Waals surface area contributed by atoms with Gasteiger partial charge in [-0.15, -0.1) is 0 Å². The molecule has 242 valence electrons. The van der Waals surface area contributed by atoms with E-state index in [1.165, 1.54) is 124 Å². The van der Waals surface area contributed by atoms with Crippen molar-refractivity contribution < 1.29 is 0 Å². The minimum absolute atomic E-state index is 0.0721. The van der Waals surface area contributed by atoms with Crippen molar-refractivity contribution in [1.29, 1.82) is 0 Å². The third kappa shape index (κ3) is 4.33. The smallest absolute Gasteiger partial charge is 0.0159 e. The average molecular weight is 651 g/mol. The molecule has 0 aromatic heterocycles. The van der Waals surface area contributed by atoms with Gasteiger partial charge < -0.3 is 0 Å². The molecule has 0 bridgehead atoms. The Hall–Kier alpha value is -5.72. The lowest BCUT2D eigenvalue weighted by Crippen LogP contribution is -2.15. The summed E-state index contributed by atoms with van der Waals surface area (Å²) in [7, 11) is 0. The number of hydrogen-bond donors (Lipinski definition) is 0. The Labute approximate surface area is 299 Å². The van der Waals surface area contributed by atoms with E-state index in [0.717, 1.165) is 0 Å². The van der Waals surface area contributed by atoms with Crippen molar-refractivity contribution in [3.8, 4) is 44.5 Å². The first-order valence-electron chi connectivity index (χ1n) is 18.6. The molecule has 11 rings (SSSR count). The van der Waals surface area contributed by atoms with Gasteiger partial charge in [0.2, 0.25) is 0 Å². The van der Waals surface area contributed by atoms with Crippen molar-refractivity contribution in [2.45, 2.75) is 44.9 Å². The third-order valence-corrected chi connectivity index (χ3v) is 12.4. The fourth-order valence-corrected chi connectivity index (χ4v) is 9.59. The Morgan fingerprint density at radius 2 is 0.863 bits per heavy atom. The second kappa shape index (κ2) is 10.6. The molecule has 0 unspecified atom stereocenters. The summed E-state index contributed by atoms with van der Waals surface area (Å²) >= 11 is 0. The predicted molar refractivity (Wildman–Crippen MR) is 218 cm³/mol. The molecule has 0 amide bonds. The van der Waals surface area contributed by atoms with Crippen LogP contribution in [0.1, 0.15) is 48.9 Å². The minimum Gasteiger partial charge on any atom is -0.0610 e. The van der Waals surface area contributed by atoms with E-state index < -0.39 is 0 Å². The van der Waals surface area contributed by atoms with Crippen LogP contribution in [0.4, 0.5) is 0 Å². The quantitative estimate of drug-likeness (QED) is 0.167. The first-order valence-corrected chi connectivity index (χ1v) is 18.6. The Kier molecular flexibility index (Phi) is 6.06. The highest BCUT2D eigenvalue weighted by atomic mass is 14.4. The number of benzene rings is 9. The molecular weight excluding hydrogens is 613 g/mol. The molecule has 0 atom stereocenters. The highest BCUT2D eigenvalue weighted by molar-refractivity contribution is 6.25. The standard InChI is InChI=1S/C51H38/c1-51(2)47-29-40(37-13-10-31-6-3-4-7-35(31)26-37)20-23-44(47)45-24-21-41(30-48(45)51)38-14-15-39-28-42(17-16-36(39)27-38)43-22-18-34-12-11-32-8-5-9-33-19-25-46(43)50(34)49(32)33/h5,8-30H,3-4,6-7H2,1-2H3. The lowest BCUT2D eigenvalue weighted by Gasteiger charge is -2.23. The zero-order chi connectivity index (χ0) is 33.8. The van der Waals surface area contributed by atoms with Gasteiger partial charge in [0.05, 0.1) is 0 Å². The van der Waals surface area contributed by atoms with Crippen molar-refractivity contribution in [3.05, 3.63) is 168 Å². The molecule has 0 fully saturated rings. The van der Waals surface area contributed by atoms with E-state index in [1.807, 2.05) is 0 Å². The Balaban J connectivity index is 0.944. The fourth-order valence-electron chi connectivity index (χ4n) is 9.59. The number of rotatable bonds is 3. The molecule has 51 heavy (non-hydrogen) atoms. The van der Waals surface area contributed by atoms with Gasteiger partial charge in [0, 0.05) is 5.41 Å². The van der Waals surface area contributed by atoms with Gasteiger partial charge in [-0.05, 0) is 160 Å². The molecule has 0 N–H and O–H groups in total. The Morgan fingerprint density at radius 1 is 0.373 bits per heavy atom. The molecule has 0 heterocycles. The van der Waals surface area contributed by atoms with Crippen LogP contribution in [0.3, 0.4) is 0 Å². The van der Waals surface area contributed by atoms with E-state index in [9.17, 15) is 0 Å². The Bertz CT molecular complexity index is 2870. The third-order valence-electron chi connectivity index (χ3n) is 12.4. The van der Waals surface area contributed by atoms with Crippen LogP contribution in [0.25, 0.3) is 87.6 Å². The first-order chi connectivity index (χ1) is 25.0. The monoisotopic (exact) mass is 650 g/mol. The SMILES string of the molecule is CC1(C)c2cc(-c3ccc4c(c3)CCCC4)ccc2-c2ccc(-c3ccc4cc(-c5ccc6ccc7cccc8ccc5c6c78)ccc4c3)cc21. The molecule has 0 aliphatic heterocycles. The normalized spacial score (nSPS) is 14.7. The van der Waals surface area contributed by atoms with Gasteiger partial charge in [-0.25, -0.2) is 0 Å². The van der Waals surface area contributed by atoms with Crippen LogP contribution in [0.15, 0.2) is 146 Å². The summed E-state index contributed by atoms with van der Waals surface area (Å²) in [6.07, 6.45) is 5.07. The van der Waals surface area contributed by atoms with Gasteiger partial charge in [0.25, 0.3) is 0 Å². The van der Waals surface area contributed by atoms with Crippen LogP contribution in [0.2, 0.25) is 0 Å². The van der Waals surface area contributed by atoms with Crippen molar-refractivity contribution in [2.24, 2.45) is 0 Å². The summed E-state index contributed by atoms with van der Waals surface area (Å²) in [6.45, 7) is 4.80. The number of hydrogen-bond acceptors (Lipinski definition) is 0. The second-order valence-electron chi connectivity index (χ2n) is 15.6. The second-order valence-corrected chi connectivity index (χ2v) is 15.6. The van der Waals surface area contributed by atoms with Gasteiger partial charge in [-0.1, -0.05) is 135 Å². The molecule has 2 aliphatic carbocycles. The largest absolute Gasteiger partial charge is 0.0610 e. The highest BCUT2D eigenvalue weighted by Crippen LogP contribution is 2.51. The zero-order valence-corrected chi connectivity index (χ0v) is 29.2. The highest BCUT2D eigenvalue weighted by Gasteiger charge is 2.36. The number of aryl methyl sites for hydroxylation is 2. The first kappa shape index (κ1) is 29.1. The molecular formula is C51H38. The average Bonchev–Trinajstić information content (AvgIpc) is 3.41. The van der Waals surface area contributed by atoms with Crippen LogP contribution in [0.5, 0.6) is 0 Å². The van der Waals surface area contributed by atoms with E-state index >= 15 is 0 Å². The van der Waals surface area contributed by atoms with Gasteiger partial charge in [-0.2, -0.15) is 0 Å². The molecule has 0 saturated carbocycles. The maximum absolute atomic E-state index is 2.47. The van der Waals surface area contributed by atoms with Crippen LogP contribution in [-0.2, 0) is 18.3 Å².